The van der Waals surface area contributed by atoms with Crippen LogP contribution >= 0.6 is 0 Å². The van der Waals surface area contributed by atoms with Crippen molar-refractivity contribution in [1.29, 1.82) is 0 Å². The van der Waals surface area contributed by atoms with Gasteiger partial charge in [-0.1, -0.05) is 0 Å². The van der Waals surface area contributed by atoms with Crippen molar-refractivity contribution >= 4 is 5.82 Å². The zero-order valence-corrected chi connectivity index (χ0v) is 14.3. The number of alkyl halides is 3. The molecule has 4 nitrogen and oxygen atoms in total. The van der Waals surface area contributed by atoms with E-state index in [-0.39, 0.29) is 11.6 Å². The summed E-state index contributed by atoms with van der Waals surface area (Å²) in [5.74, 6) is -0.652. The van der Waals surface area contributed by atoms with E-state index in [2.05, 4.69) is 9.97 Å². The fraction of sp³-hybridized carbons (Fsp3) is 0.412. The summed E-state index contributed by atoms with van der Waals surface area (Å²) in [6.45, 7) is 8.51. The molecule has 0 N–H and O–H groups in total. The number of nitrogens with zero attached hydrogens (tertiary/aromatic N) is 3. The number of hydrogen-bond donors (Lipinski definition) is 0. The van der Waals surface area contributed by atoms with Crippen LogP contribution in [0.3, 0.4) is 0 Å². The van der Waals surface area contributed by atoms with Crippen molar-refractivity contribution in [3.63, 3.8) is 0 Å². The smallest absolute Gasteiger partial charge is 0.419 e. The molecule has 0 aliphatic rings. The largest absolute Gasteiger partial charge is 0.439 e. The van der Waals surface area contributed by atoms with Gasteiger partial charge in [-0.15, -0.1) is 0 Å². The van der Waals surface area contributed by atoms with Gasteiger partial charge in [0.15, 0.2) is 0 Å². The zero-order chi connectivity index (χ0) is 18.7. The van der Waals surface area contributed by atoms with E-state index in [9.17, 15) is 17.6 Å². The van der Waals surface area contributed by atoms with Gasteiger partial charge in [0.2, 0.25) is 11.7 Å². The molecule has 0 aliphatic heterocycles. The molecule has 0 saturated carbocycles. The fourth-order valence-electron chi connectivity index (χ4n) is 2.71. The Kier molecular flexibility index (Phi) is 5.62. The highest BCUT2D eigenvalue weighted by atomic mass is 19.4. The number of hydrogen-bond acceptors (Lipinski definition) is 3. The summed E-state index contributed by atoms with van der Waals surface area (Å²) >= 11 is 0. The number of ether oxygens (including phenoxy) is 1. The van der Waals surface area contributed by atoms with E-state index in [0.717, 1.165) is 37.6 Å². The molecule has 0 spiro atoms. The highest BCUT2D eigenvalue weighted by molar-refractivity contribution is 5.40. The molecule has 0 fully saturated rings. The monoisotopic (exact) mass is 358 g/mol. The first-order valence-electron chi connectivity index (χ1n) is 7.99. The van der Waals surface area contributed by atoms with Gasteiger partial charge in [0.05, 0.1) is 31.3 Å². The van der Waals surface area contributed by atoms with Crippen LogP contribution in [-0.4, -0.2) is 29.6 Å². The predicted molar refractivity (Wildman–Crippen MR) is 86.9 cm³/mol. The molecular weight excluding hydrogens is 338 g/mol. The molecule has 0 atom stereocenters. The van der Waals surface area contributed by atoms with Crippen molar-refractivity contribution in [3.05, 3.63) is 42.0 Å². The topological polar surface area (TPSA) is 35.0 Å². The van der Waals surface area contributed by atoms with Gasteiger partial charge in [-0.05, 0) is 39.0 Å². The Bertz CT molecular complexity index is 722. The Morgan fingerprint density at radius 3 is 2.20 bits per heavy atom. The van der Waals surface area contributed by atoms with E-state index < -0.39 is 17.6 Å². The average Bonchev–Trinajstić information content (AvgIpc) is 2.58. The molecule has 1 heterocycles. The van der Waals surface area contributed by atoms with Crippen LogP contribution in [0.5, 0.6) is 11.6 Å². The van der Waals surface area contributed by atoms with Crippen molar-refractivity contribution in [2.24, 2.45) is 0 Å². The van der Waals surface area contributed by atoms with Gasteiger partial charge >= 0.3 is 6.18 Å². The van der Waals surface area contributed by atoms with Gasteiger partial charge in [0.25, 0.3) is 0 Å². The van der Waals surface area contributed by atoms with Gasteiger partial charge in [-0.2, -0.15) is 18.2 Å². The third-order valence-corrected chi connectivity index (χ3v) is 4.40. The minimum Gasteiger partial charge on any atom is -0.439 e. The Labute approximate surface area is 143 Å². The van der Waals surface area contributed by atoms with Gasteiger partial charge in [0.1, 0.15) is 17.9 Å². The van der Waals surface area contributed by atoms with Crippen LogP contribution in [0.25, 0.3) is 0 Å². The summed E-state index contributed by atoms with van der Waals surface area (Å²) < 4.78 is 57.8. The third-order valence-electron chi connectivity index (χ3n) is 4.40. The highest BCUT2D eigenvalue weighted by Crippen LogP contribution is 2.35. The molecule has 0 unspecified atom stereocenters. The third kappa shape index (κ3) is 4.07. The summed E-state index contributed by atoms with van der Waals surface area (Å²) in [6, 6.07) is 4.09. The van der Waals surface area contributed by atoms with Crippen LogP contribution in [0.15, 0.2) is 30.6 Å². The summed E-state index contributed by atoms with van der Waals surface area (Å²) in [7, 11) is 0. The van der Waals surface area contributed by atoms with Crippen LogP contribution in [-0.2, 0) is 6.18 Å². The maximum absolute atomic E-state index is 13.4. The first-order chi connectivity index (χ1) is 11.8. The second kappa shape index (κ2) is 7.35. The lowest BCUT2D eigenvalue weighted by atomic mass is 10.2. The molecule has 0 radical (unpaired) electrons. The Hall–Kier alpha value is -2.22. The molecule has 2 rings (SSSR count). The van der Waals surface area contributed by atoms with Crippen LogP contribution in [0.4, 0.5) is 23.4 Å². The van der Waals surface area contributed by atoms with E-state index in [0.29, 0.717) is 10.5 Å². The molecule has 0 aliphatic carbocycles. The van der Waals surface area contributed by atoms with E-state index in [4.69, 9.17) is 4.74 Å². The molecule has 0 saturated heterocycles. The molecule has 8 heteroatoms. The van der Waals surface area contributed by atoms with E-state index >= 15 is 0 Å². The zero-order valence-electron chi connectivity index (χ0n) is 14.3. The van der Waals surface area contributed by atoms with Crippen LogP contribution in [0.2, 0.25) is 0 Å². The van der Waals surface area contributed by atoms with Crippen LogP contribution < -0.4 is 9.22 Å². The quantitative estimate of drug-likeness (QED) is 0.550. The molecule has 136 valence electrons. The number of rotatable bonds is 6. The van der Waals surface area contributed by atoms with Crippen molar-refractivity contribution in [2.45, 2.75) is 26.9 Å². The first kappa shape index (κ1) is 19.1. The SMILES string of the molecule is CC[N+](CC)(CC)c1cc(Oc2ccc(F)c(C(F)(F)F)c2)ncn1. The lowest BCUT2D eigenvalue weighted by Gasteiger charge is -2.33. The second-order valence-electron chi connectivity index (χ2n) is 5.55. The maximum atomic E-state index is 13.4. The summed E-state index contributed by atoms with van der Waals surface area (Å²) in [6.07, 6.45) is -3.48. The van der Waals surface area contributed by atoms with Gasteiger partial charge < -0.3 is 4.74 Å². The van der Waals surface area contributed by atoms with Crippen molar-refractivity contribution in [1.82, 2.24) is 14.5 Å². The summed E-state index contributed by atoms with van der Waals surface area (Å²) in [5, 5.41) is 0. The predicted octanol–water partition coefficient (Wildman–Crippen LogP) is 4.79. The molecule has 0 bridgehead atoms. The highest BCUT2D eigenvalue weighted by Gasteiger charge is 2.34. The number of halogens is 4. The first-order valence-corrected chi connectivity index (χ1v) is 7.99. The number of aromatic nitrogens is 2. The van der Waals surface area contributed by atoms with Crippen molar-refractivity contribution < 1.29 is 22.3 Å². The van der Waals surface area contributed by atoms with Gasteiger partial charge in [-0.3, -0.25) is 4.48 Å². The van der Waals surface area contributed by atoms with Crippen LogP contribution in [0, 0.1) is 5.82 Å². The van der Waals surface area contributed by atoms with Crippen molar-refractivity contribution in [3.8, 4) is 11.6 Å². The minimum atomic E-state index is -4.79. The molecular formula is C17H20F4N3O+. The normalized spacial score (nSPS) is 12.3. The van der Waals surface area contributed by atoms with Gasteiger partial charge in [-0.25, -0.2) is 9.37 Å². The van der Waals surface area contributed by atoms with E-state index in [1.165, 1.54) is 6.33 Å². The van der Waals surface area contributed by atoms with E-state index in [1.54, 1.807) is 6.07 Å². The standard InChI is InChI=1S/C17H20F4N3O/c1-4-24(5-2,6-3)15-10-16(23-11-22-15)25-12-7-8-14(18)13(9-12)17(19,20)21/h7-11H,4-6H2,1-3H3/q+1. The van der Waals surface area contributed by atoms with E-state index in [1.807, 2.05) is 20.8 Å². The average molecular weight is 358 g/mol. The molecule has 25 heavy (non-hydrogen) atoms. The maximum Gasteiger partial charge on any atom is 0.419 e. The fourth-order valence-corrected chi connectivity index (χ4v) is 2.71. The molecule has 2 aromatic rings. The second-order valence-corrected chi connectivity index (χ2v) is 5.55. The lowest BCUT2D eigenvalue weighted by Crippen LogP contribution is -2.49. The lowest BCUT2D eigenvalue weighted by molar-refractivity contribution is -0.140. The molecule has 0 amide bonds. The number of benzene rings is 1. The summed E-state index contributed by atoms with van der Waals surface area (Å²) in [5.41, 5.74) is -1.37. The Morgan fingerprint density at radius 2 is 1.64 bits per heavy atom. The van der Waals surface area contributed by atoms with Crippen molar-refractivity contribution in [2.75, 3.05) is 19.6 Å². The Balaban J connectivity index is 2.35. The Morgan fingerprint density at radius 1 is 1.00 bits per heavy atom. The molecule has 1 aromatic carbocycles. The van der Waals surface area contributed by atoms with Crippen LogP contribution in [0.1, 0.15) is 26.3 Å². The number of quaternary nitrogens is 1. The summed E-state index contributed by atoms with van der Waals surface area (Å²) in [4.78, 5) is 8.23. The minimum absolute atomic E-state index is 0.114. The molecule has 1 aromatic heterocycles. The van der Waals surface area contributed by atoms with Gasteiger partial charge in [0, 0.05) is 0 Å².